The second kappa shape index (κ2) is 5.88. The minimum atomic E-state index is -0.0839. The number of nitrogens with zero attached hydrogens (tertiary/aromatic N) is 2. The molecule has 0 saturated carbocycles. The van der Waals surface area contributed by atoms with Crippen molar-refractivity contribution in [3.63, 3.8) is 0 Å². The first kappa shape index (κ1) is 14.3. The van der Waals surface area contributed by atoms with Crippen molar-refractivity contribution >= 4 is 31.9 Å². The van der Waals surface area contributed by atoms with Gasteiger partial charge in [-0.25, -0.2) is 4.98 Å². The summed E-state index contributed by atoms with van der Waals surface area (Å²) in [5.41, 5.74) is 0.914. The van der Waals surface area contributed by atoms with Crippen molar-refractivity contribution in [1.82, 2.24) is 9.55 Å². The van der Waals surface area contributed by atoms with Crippen molar-refractivity contribution in [3.8, 4) is 5.75 Å². The van der Waals surface area contributed by atoms with E-state index < -0.39 is 0 Å². The molecule has 0 spiro atoms. The van der Waals surface area contributed by atoms with Gasteiger partial charge in [-0.1, -0.05) is 6.07 Å². The molecule has 1 aromatic heterocycles. The summed E-state index contributed by atoms with van der Waals surface area (Å²) >= 11 is 6.64. The van der Waals surface area contributed by atoms with Crippen LogP contribution in [0.25, 0.3) is 0 Å². The molecule has 2 aromatic rings. The molecule has 0 aliphatic heterocycles. The van der Waals surface area contributed by atoms with Crippen LogP contribution >= 0.6 is 31.9 Å². The highest BCUT2D eigenvalue weighted by molar-refractivity contribution is 9.10. The molecule has 0 unspecified atom stereocenters. The number of ether oxygens (including phenoxy) is 1. The quantitative estimate of drug-likeness (QED) is 0.812. The van der Waals surface area contributed by atoms with Gasteiger partial charge in [-0.2, -0.15) is 0 Å². The van der Waals surface area contributed by atoms with Crippen LogP contribution in [0.4, 0.5) is 0 Å². The molecule has 0 atom stereocenters. The van der Waals surface area contributed by atoms with Crippen molar-refractivity contribution in [1.29, 1.82) is 0 Å². The maximum atomic E-state index is 12.0. The third-order valence-electron chi connectivity index (χ3n) is 2.76. The Kier molecular flexibility index (Phi) is 4.42. The zero-order valence-electron chi connectivity index (χ0n) is 10.5. The second-order valence-electron chi connectivity index (χ2n) is 4.01. The zero-order chi connectivity index (χ0) is 14.0. The summed E-state index contributed by atoms with van der Waals surface area (Å²) in [6, 6.07) is 5.73. The van der Waals surface area contributed by atoms with Crippen LogP contribution in [0.1, 0.15) is 11.4 Å². The lowest BCUT2D eigenvalue weighted by Crippen LogP contribution is -2.24. The Morgan fingerprint density at radius 3 is 2.68 bits per heavy atom. The normalized spacial score (nSPS) is 10.5. The molecule has 4 nitrogen and oxygen atoms in total. The average Bonchev–Trinajstić information content (AvgIpc) is 2.39. The minimum absolute atomic E-state index is 0.0839. The maximum Gasteiger partial charge on any atom is 0.268 e. The first-order valence-corrected chi connectivity index (χ1v) is 7.16. The number of halogens is 2. The molecule has 0 radical (unpaired) electrons. The molecule has 19 heavy (non-hydrogen) atoms. The molecular formula is C13H12Br2N2O2. The van der Waals surface area contributed by atoms with Gasteiger partial charge in [-0.05, 0) is 56.5 Å². The largest absolute Gasteiger partial charge is 0.496 e. The van der Waals surface area contributed by atoms with Gasteiger partial charge < -0.3 is 4.74 Å². The molecule has 0 bridgehead atoms. The highest BCUT2D eigenvalue weighted by Gasteiger charge is 2.07. The van der Waals surface area contributed by atoms with Gasteiger partial charge in [0.15, 0.2) is 0 Å². The molecular weight excluding hydrogens is 376 g/mol. The molecule has 2 rings (SSSR count). The molecule has 6 heteroatoms. The lowest BCUT2D eigenvalue weighted by Gasteiger charge is -2.11. The van der Waals surface area contributed by atoms with Gasteiger partial charge in [-0.3, -0.25) is 9.36 Å². The van der Waals surface area contributed by atoms with Crippen molar-refractivity contribution in [3.05, 3.63) is 55.1 Å². The van der Waals surface area contributed by atoms with Crippen LogP contribution in [-0.2, 0) is 6.54 Å². The number of hydrogen-bond donors (Lipinski definition) is 0. The highest BCUT2D eigenvalue weighted by Crippen LogP contribution is 2.25. The molecule has 0 aliphatic rings. The molecule has 0 N–H and O–H groups in total. The topological polar surface area (TPSA) is 44.1 Å². The standard InChI is InChI=1S/C13H12Br2N2O2/c1-8-16-6-11(15)13(18)17(8)7-9-3-4-12(19-2)10(14)5-9/h3-6H,7H2,1-2H3. The second-order valence-corrected chi connectivity index (χ2v) is 5.72. The Balaban J connectivity index is 2.39. The van der Waals surface area contributed by atoms with E-state index in [2.05, 4.69) is 36.8 Å². The maximum absolute atomic E-state index is 12.0. The predicted octanol–water partition coefficient (Wildman–Crippen LogP) is 3.13. The SMILES string of the molecule is COc1ccc(Cn2c(C)ncc(Br)c2=O)cc1Br. The fourth-order valence-corrected chi connectivity index (χ4v) is 2.63. The van der Waals surface area contributed by atoms with Gasteiger partial charge in [0.1, 0.15) is 16.0 Å². The van der Waals surface area contributed by atoms with Gasteiger partial charge >= 0.3 is 0 Å². The van der Waals surface area contributed by atoms with Crippen LogP contribution in [0.5, 0.6) is 5.75 Å². The van der Waals surface area contributed by atoms with Gasteiger partial charge in [0.2, 0.25) is 0 Å². The smallest absolute Gasteiger partial charge is 0.268 e. The fraction of sp³-hybridized carbons (Fsp3) is 0.231. The molecule has 100 valence electrons. The Bertz CT molecular complexity index is 668. The lowest BCUT2D eigenvalue weighted by molar-refractivity contribution is 0.412. The Hall–Kier alpha value is -1.14. The van der Waals surface area contributed by atoms with Crippen LogP contribution in [0.15, 0.2) is 38.1 Å². The van der Waals surface area contributed by atoms with Gasteiger partial charge in [0, 0.05) is 6.20 Å². The van der Waals surface area contributed by atoms with E-state index in [-0.39, 0.29) is 5.56 Å². The Morgan fingerprint density at radius 2 is 2.05 bits per heavy atom. The minimum Gasteiger partial charge on any atom is -0.496 e. The van der Waals surface area contributed by atoms with Crippen LogP contribution in [0.3, 0.4) is 0 Å². The van der Waals surface area contributed by atoms with E-state index in [4.69, 9.17) is 4.74 Å². The van der Waals surface area contributed by atoms with Crippen molar-refractivity contribution in [2.75, 3.05) is 7.11 Å². The number of aryl methyl sites for hydroxylation is 1. The van der Waals surface area contributed by atoms with E-state index in [0.29, 0.717) is 16.8 Å². The monoisotopic (exact) mass is 386 g/mol. The number of aromatic nitrogens is 2. The summed E-state index contributed by atoms with van der Waals surface area (Å²) in [4.78, 5) is 16.2. The van der Waals surface area contributed by atoms with E-state index in [1.807, 2.05) is 25.1 Å². The molecule has 0 fully saturated rings. The van der Waals surface area contributed by atoms with Crippen LogP contribution in [0.2, 0.25) is 0 Å². The third kappa shape index (κ3) is 3.06. The lowest BCUT2D eigenvalue weighted by atomic mass is 10.2. The zero-order valence-corrected chi connectivity index (χ0v) is 13.7. The van der Waals surface area contributed by atoms with Gasteiger partial charge in [0.05, 0.1) is 18.1 Å². The van der Waals surface area contributed by atoms with E-state index >= 15 is 0 Å². The van der Waals surface area contributed by atoms with Crippen molar-refractivity contribution < 1.29 is 4.74 Å². The van der Waals surface area contributed by atoms with Crippen molar-refractivity contribution in [2.45, 2.75) is 13.5 Å². The summed E-state index contributed by atoms with van der Waals surface area (Å²) in [6.45, 7) is 2.28. The van der Waals surface area contributed by atoms with E-state index in [1.165, 1.54) is 6.20 Å². The van der Waals surface area contributed by atoms with Crippen molar-refractivity contribution in [2.24, 2.45) is 0 Å². The predicted molar refractivity (Wildman–Crippen MR) is 80.7 cm³/mol. The summed E-state index contributed by atoms with van der Waals surface area (Å²) in [5, 5.41) is 0. The third-order valence-corrected chi connectivity index (χ3v) is 3.93. The van der Waals surface area contributed by atoms with E-state index in [9.17, 15) is 4.79 Å². The summed E-state index contributed by atoms with van der Waals surface area (Å²) in [6.07, 6.45) is 1.53. The summed E-state index contributed by atoms with van der Waals surface area (Å²) in [5.74, 6) is 1.44. The van der Waals surface area contributed by atoms with Crippen LogP contribution in [-0.4, -0.2) is 16.7 Å². The van der Waals surface area contributed by atoms with Crippen LogP contribution in [0, 0.1) is 6.92 Å². The molecule has 1 heterocycles. The van der Waals surface area contributed by atoms with E-state index in [0.717, 1.165) is 15.8 Å². The fourth-order valence-electron chi connectivity index (χ4n) is 1.73. The number of benzene rings is 1. The average molecular weight is 388 g/mol. The first-order chi connectivity index (χ1) is 9.02. The first-order valence-electron chi connectivity index (χ1n) is 5.57. The number of hydrogen-bond acceptors (Lipinski definition) is 3. The Morgan fingerprint density at radius 1 is 1.32 bits per heavy atom. The van der Waals surface area contributed by atoms with Crippen LogP contribution < -0.4 is 10.3 Å². The summed E-state index contributed by atoms with van der Waals surface area (Å²) in [7, 11) is 1.62. The molecule has 0 aliphatic carbocycles. The molecule has 1 aromatic carbocycles. The number of methoxy groups -OCH3 is 1. The summed E-state index contributed by atoms with van der Waals surface area (Å²) < 4.78 is 8.13. The highest BCUT2D eigenvalue weighted by atomic mass is 79.9. The molecule has 0 saturated heterocycles. The van der Waals surface area contributed by atoms with E-state index in [1.54, 1.807) is 11.7 Å². The Labute approximate surface area is 127 Å². The van der Waals surface area contributed by atoms with Gasteiger partial charge in [-0.15, -0.1) is 0 Å². The molecule has 0 amide bonds. The number of rotatable bonds is 3. The van der Waals surface area contributed by atoms with Gasteiger partial charge in [0.25, 0.3) is 5.56 Å².